The van der Waals surface area contributed by atoms with Crippen molar-refractivity contribution in [3.05, 3.63) is 60.2 Å². The molecule has 0 aliphatic carbocycles. The van der Waals surface area contributed by atoms with Crippen LogP contribution in [0.25, 0.3) is 0 Å². The Kier molecular flexibility index (Phi) is 6.72. The van der Waals surface area contributed by atoms with Crippen LogP contribution in [-0.2, 0) is 11.3 Å². The number of carboxylic acids is 1. The van der Waals surface area contributed by atoms with Gasteiger partial charge in [0.05, 0.1) is 6.54 Å². The van der Waals surface area contributed by atoms with E-state index in [9.17, 15) is 4.79 Å². The van der Waals surface area contributed by atoms with Gasteiger partial charge in [-0.05, 0) is 62.8 Å². The van der Waals surface area contributed by atoms with E-state index in [-0.39, 0.29) is 6.54 Å². The van der Waals surface area contributed by atoms with E-state index in [4.69, 9.17) is 5.11 Å². The molecule has 0 radical (unpaired) electrons. The second kappa shape index (κ2) is 9.21. The zero-order chi connectivity index (χ0) is 18.4. The summed E-state index contributed by atoms with van der Waals surface area (Å²) >= 11 is 1.78. The molecule has 1 saturated heterocycles. The maximum absolute atomic E-state index is 10.8. The molecule has 1 fully saturated rings. The van der Waals surface area contributed by atoms with Crippen molar-refractivity contribution in [2.45, 2.75) is 35.2 Å². The molecule has 2 aromatic rings. The third kappa shape index (κ3) is 5.59. The summed E-state index contributed by atoms with van der Waals surface area (Å²) in [5.41, 5.74) is 1.33. The maximum Gasteiger partial charge on any atom is 0.317 e. The Morgan fingerprint density at radius 1 is 1.08 bits per heavy atom. The highest BCUT2D eigenvalue weighted by atomic mass is 32.2. The first-order valence-electron chi connectivity index (χ1n) is 9.06. The Hall–Kier alpha value is -1.82. The third-order valence-corrected chi connectivity index (χ3v) is 5.89. The van der Waals surface area contributed by atoms with Gasteiger partial charge in [0.15, 0.2) is 0 Å². The average molecular weight is 371 g/mol. The van der Waals surface area contributed by atoms with Crippen molar-refractivity contribution in [1.29, 1.82) is 0 Å². The van der Waals surface area contributed by atoms with Crippen LogP contribution in [0.5, 0.6) is 0 Å². The summed E-state index contributed by atoms with van der Waals surface area (Å²) in [5, 5.41) is 8.92. The van der Waals surface area contributed by atoms with Crippen molar-refractivity contribution < 1.29 is 9.90 Å². The fourth-order valence-electron chi connectivity index (χ4n) is 3.41. The number of hydrogen-bond acceptors (Lipinski definition) is 4. The third-order valence-electron chi connectivity index (χ3n) is 4.87. The van der Waals surface area contributed by atoms with E-state index >= 15 is 0 Å². The predicted molar refractivity (Wildman–Crippen MR) is 106 cm³/mol. The minimum atomic E-state index is -0.747. The first-order valence-corrected chi connectivity index (χ1v) is 9.88. The summed E-state index contributed by atoms with van der Waals surface area (Å²) < 4.78 is 0. The zero-order valence-corrected chi connectivity index (χ0v) is 16.0. The number of aliphatic carboxylic acids is 1. The highest BCUT2D eigenvalue weighted by Gasteiger charge is 2.23. The van der Waals surface area contributed by atoms with Gasteiger partial charge in [-0.1, -0.05) is 42.1 Å². The number of piperidine rings is 1. The van der Waals surface area contributed by atoms with Crippen molar-refractivity contribution in [1.82, 2.24) is 9.80 Å². The zero-order valence-electron chi connectivity index (χ0n) is 15.2. The smallest absolute Gasteiger partial charge is 0.317 e. The van der Waals surface area contributed by atoms with Crippen LogP contribution < -0.4 is 0 Å². The summed E-state index contributed by atoms with van der Waals surface area (Å²) in [5.74, 6) is -0.747. The first-order chi connectivity index (χ1) is 12.6. The van der Waals surface area contributed by atoms with Gasteiger partial charge in [-0.25, -0.2) is 0 Å². The molecule has 3 rings (SSSR count). The molecular formula is C21H26N2O2S. The summed E-state index contributed by atoms with van der Waals surface area (Å²) in [7, 11) is 1.91. The average Bonchev–Trinajstić information content (AvgIpc) is 2.64. The van der Waals surface area contributed by atoms with Gasteiger partial charge in [-0.3, -0.25) is 14.6 Å². The molecule has 1 aliphatic heterocycles. The largest absolute Gasteiger partial charge is 0.480 e. The molecule has 0 amide bonds. The van der Waals surface area contributed by atoms with E-state index in [1.807, 2.05) is 18.0 Å². The summed E-state index contributed by atoms with van der Waals surface area (Å²) in [4.78, 5) is 17.8. The lowest BCUT2D eigenvalue weighted by atomic mass is 10.0. The van der Waals surface area contributed by atoms with E-state index in [0.717, 1.165) is 32.5 Å². The van der Waals surface area contributed by atoms with Gasteiger partial charge in [0.25, 0.3) is 0 Å². The first kappa shape index (κ1) is 19.0. The van der Waals surface area contributed by atoms with Gasteiger partial charge < -0.3 is 5.11 Å². The molecule has 0 spiro atoms. The second-order valence-corrected chi connectivity index (χ2v) is 8.02. The van der Waals surface area contributed by atoms with Crippen molar-refractivity contribution in [2.75, 3.05) is 26.7 Å². The fraction of sp³-hybridized carbons (Fsp3) is 0.381. The van der Waals surface area contributed by atoms with Crippen LogP contribution in [0.2, 0.25) is 0 Å². The van der Waals surface area contributed by atoms with Crippen LogP contribution in [0, 0.1) is 0 Å². The molecule has 2 aromatic carbocycles. The van der Waals surface area contributed by atoms with Gasteiger partial charge in [0.2, 0.25) is 0 Å². The number of benzene rings is 2. The Morgan fingerprint density at radius 3 is 2.31 bits per heavy atom. The van der Waals surface area contributed by atoms with E-state index < -0.39 is 5.97 Å². The number of likely N-dealkylation sites (N-methyl/N-ethyl adjacent to an activating group) is 1. The minimum Gasteiger partial charge on any atom is -0.480 e. The number of likely N-dealkylation sites (tertiary alicyclic amines) is 1. The van der Waals surface area contributed by atoms with Crippen LogP contribution in [0.3, 0.4) is 0 Å². The molecule has 4 nitrogen and oxygen atoms in total. The lowest BCUT2D eigenvalue weighted by molar-refractivity contribution is -0.138. The minimum absolute atomic E-state index is 0.130. The normalized spacial score (nSPS) is 16.1. The second-order valence-electron chi connectivity index (χ2n) is 6.88. The fourth-order valence-corrected chi connectivity index (χ4v) is 4.24. The standard InChI is InChI=1S/C21H26N2O2S/c1-22(16-21(24)25)18-11-13-23(14-12-18)15-17-7-9-20(10-8-17)26-19-5-3-2-4-6-19/h2-10,18H,11-16H2,1H3,(H,24,25). The maximum atomic E-state index is 10.8. The van der Waals surface area contributed by atoms with Crippen LogP contribution in [0.1, 0.15) is 18.4 Å². The van der Waals surface area contributed by atoms with E-state index in [0.29, 0.717) is 6.04 Å². The van der Waals surface area contributed by atoms with Crippen molar-refractivity contribution in [3.63, 3.8) is 0 Å². The molecule has 1 aliphatic rings. The number of rotatable bonds is 7. The summed E-state index contributed by atoms with van der Waals surface area (Å²) in [6, 6.07) is 19.6. The Balaban J connectivity index is 1.47. The monoisotopic (exact) mass is 370 g/mol. The van der Waals surface area contributed by atoms with E-state index in [2.05, 4.69) is 53.4 Å². The number of carbonyl (C=O) groups is 1. The molecule has 0 aromatic heterocycles. The Morgan fingerprint density at radius 2 is 1.69 bits per heavy atom. The van der Waals surface area contributed by atoms with Gasteiger partial charge in [-0.15, -0.1) is 0 Å². The highest BCUT2D eigenvalue weighted by Crippen LogP contribution is 2.27. The highest BCUT2D eigenvalue weighted by molar-refractivity contribution is 7.99. The topological polar surface area (TPSA) is 43.8 Å². The van der Waals surface area contributed by atoms with Crippen molar-refractivity contribution in [2.24, 2.45) is 0 Å². The van der Waals surface area contributed by atoms with Crippen LogP contribution in [0.15, 0.2) is 64.4 Å². The molecule has 0 atom stereocenters. The van der Waals surface area contributed by atoms with Gasteiger partial charge >= 0.3 is 5.97 Å². The van der Waals surface area contributed by atoms with Crippen LogP contribution >= 0.6 is 11.8 Å². The molecule has 0 unspecified atom stereocenters. The molecule has 0 saturated carbocycles. The lowest BCUT2D eigenvalue weighted by Gasteiger charge is -2.36. The number of hydrogen-bond donors (Lipinski definition) is 1. The summed E-state index contributed by atoms with van der Waals surface area (Å²) in [6.45, 7) is 3.14. The van der Waals surface area contributed by atoms with Crippen molar-refractivity contribution in [3.8, 4) is 0 Å². The lowest BCUT2D eigenvalue weighted by Crippen LogP contribution is -2.44. The predicted octanol–water partition coefficient (Wildman–Crippen LogP) is 3.82. The molecule has 26 heavy (non-hydrogen) atoms. The van der Waals surface area contributed by atoms with Crippen LogP contribution in [-0.4, -0.2) is 53.6 Å². The van der Waals surface area contributed by atoms with Gasteiger partial charge in [0, 0.05) is 22.4 Å². The SMILES string of the molecule is CN(CC(=O)O)C1CCN(Cc2ccc(Sc3ccccc3)cc2)CC1. The molecule has 138 valence electrons. The summed E-state index contributed by atoms with van der Waals surface area (Å²) in [6.07, 6.45) is 2.07. The Labute approximate surface area is 159 Å². The number of carboxylic acid groups (broad SMARTS) is 1. The van der Waals surface area contributed by atoms with E-state index in [1.54, 1.807) is 11.8 Å². The quantitative estimate of drug-likeness (QED) is 0.803. The van der Waals surface area contributed by atoms with Crippen LogP contribution in [0.4, 0.5) is 0 Å². The molecule has 0 bridgehead atoms. The van der Waals surface area contributed by atoms with Crippen molar-refractivity contribution >= 4 is 17.7 Å². The Bertz CT molecular complexity index is 698. The molecular weight excluding hydrogens is 344 g/mol. The molecule has 1 heterocycles. The van der Waals surface area contributed by atoms with Gasteiger partial charge in [-0.2, -0.15) is 0 Å². The van der Waals surface area contributed by atoms with Gasteiger partial charge in [0.1, 0.15) is 0 Å². The molecule has 1 N–H and O–H groups in total. The number of nitrogens with zero attached hydrogens (tertiary/aromatic N) is 2. The molecule has 5 heteroatoms. The van der Waals surface area contributed by atoms with E-state index in [1.165, 1.54) is 15.4 Å².